The summed E-state index contributed by atoms with van der Waals surface area (Å²) in [6, 6.07) is 10.5. The molecule has 0 spiro atoms. The van der Waals surface area contributed by atoms with Gasteiger partial charge in [-0.1, -0.05) is 18.2 Å². The van der Waals surface area contributed by atoms with Crippen molar-refractivity contribution in [3.05, 3.63) is 47.8 Å². The Hall–Kier alpha value is -1.57. The van der Waals surface area contributed by atoms with E-state index in [1.165, 1.54) is 16.9 Å². The molecule has 0 atom stereocenters. The van der Waals surface area contributed by atoms with Crippen molar-refractivity contribution in [1.29, 1.82) is 0 Å². The van der Waals surface area contributed by atoms with E-state index in [1.807, 2.05) is 0 Å². The Balaban J connectivity index is 2.66. The first kappa shape index (κ1) is 9.00. The van der Waals surface area contributed by atoms with Crippen LogP contribution in [-0.2, 0) is 7.05 Å². The average Bonchev–Trinajstić information content (AvgIpc) is 2.48. The molecule has 2 aromatic rings. The maximum absolute atomic E-state index is 2.20. The second-order valence-electron chi connectivity index (χ2n) is 3.63. The van der Waals surface area contributed by atoms with Crippen molar-refractivity contribution < 1.29 is 4.68 Å². The molecule has 1 aromatic heterocycles. The monoisotopic (exact) mass is 187 g/mol. The van der Waals surface area contributed by atoms with Crippen LogP contribution in [0.3, 0.4) is 0 Å². The van der Waals surface area contributed by atoms with Crippen molar-refractivity contribution in [1.82, 2.24) is 4.68 Å². The van der Waals surface area contributed by atoms with Crippen molar-refractivity contribution in [3.63, 3.8) is 0 Å². The van der Waals surface area contributed by atoms with Crippen LogP contribution >= 0.6 is 0 Å². The number of nitrogens with zero attached hydrogens (tertiary/aromatic N) is 2. The van der Waals surface area contributed by atoms with Gasteiger partial charge in [-0.25, -0.2) is 0 Å². The summed E-state index contributed by atoms with van der Waals surface area (Å²) in [4.78, 5) is 0. The Morgan fingerprint density at radius 3 is 2.36 bits per heavy atom. The topological polar surface area (TPSA) is 8.81 Å². The number of para-hydroxylation sites is 1. The van der Waals surface area contributed by atoms with Gasteiger partial charge in [0, 0.05) is 6.07 Å². The van der Waals surface area contributed by atoms with Crippen LogP contribution in [0.15, 0.2) is 36.5 Å². The number of aryl methyl sites for hydroxylation is 3. The van der Waals surface area contributed by atoms with E-state index in [0.29, 0.717) is 0 Å². The summed E-state index contributed by atoms with van der Waals surface area (Å²) in [7, 11) is 2.06. The zero-order valence-electron chi connectivity index (χ0n) is 8.86. The Labute approximate surface area is 84.4 Å². The summed E-state index contributed by atoms with van der Waals surface area (Å²) in [5, 5.41) is 0. The molecular weight excluding hydrogens is 172 g/mol. The van der Waals surface area contributed by atoms with Crippen LogP contribution in [0.2, 0.25) is 0 Å². The van der Waals surface area contributed by atoms with Gasteiger partial charge in [-0.2, -0.15) is 0 Å². The van der Waals surface area contributed by atoms with Crippen LogP contribution < -0.4 is 4.68 Å². The molecule has 0 unspecified atom stereocenters. The van der Waals surface area contributed by atoms with Gasteiger partial charge in [0.15, 0.2) is 13.2 Å². The molecular formula is C12H15N2+. The van der Waals surface area contributed by atoms with Crippen LogP contribution in [0.1, 0.15) is 11.3 Å². The molecule has 0 bridgehead atoms. The van der Waals surface area contributed by atoms with Crippen LogP contribution in [0.4, 0.5) is 0 Å². The van der Waals surface area contributed by atoms with Crippen molar-refractivity contribution in [2.24, 2.45) is 7.05 Å². The van der Waals surface area contributed by atoms with Gasteiger partial charge in [-0.3, -0.25) is 0 Å². The molecule has 0 fully saturated rings. The van der Waals surface area contributed by atoms with Crippen molar-refractivity contribution in [2.45, 2.75) is 13.8 Å². The summed E-state index contributed by atoms with van der Waals surface area (Å²) >= 11 is 0. The van der Waals surface area contributed by atoms with Gasteiger partial charge in [-0.05, 0) is 25.5 Å². The molecule has 0 saturated heterocycles. The number of hydrogen-bond donors (Lipinski definition) is 0. The third-order valence-corrected chi connectivity index (χ3v) is 2.52. The summed E-state index contributed by atoms with van der Waals surface area (Å²) in [5.41, 5.74) is 3.79. The highest BCUT2D eigenvalue weighted by Crippen LogP contribution is 2.12. The molecule has 0 amide bonds. The molecule has 14 heavy (non-hydrogen) atoms. The Kier molecular flexibility index (Phi) is 2.12. The number of rotatable bonds is 1. The SMILES string of the molecule is Cc1ccccc1-n1c(C)cc[n+]1C. The standard InChI is InChI=1S/C12H15N2/c1-10-6-4-5-7-12(10)14-11(2)8-9-13(14)3/h4-9H,1-3H3/q+1. The number of aromatic nitrogens is 2. The predicted octanol–water partition coefficient (Wildman–Crippen LogP) is 1.92. The minimum absolute atomic E-state index is 1.25. The Bertz CT molecular complexity index is 436. The van der Waals surface area contributed by atoms with E-state index in [0.717, 1.165) is 0 Å². The van der Waals surface area contributed by atoms with Gasteiger partial charge in [0.05, 0.1) is 5.69 Å². The maximum atomic E-state index is 2.20. The van der Waals surface area contributed by atoms with Crippen molar-refractivity contribution in [3.8, 4) is 5.69 Å². The molecule has 72 valence electrons. The molecule has 2 nitrogen and oxygen atoms in total. The third-order valence-electron chi connectivity index (χ3n) is 2.52. The smallest absolute Gasteiger partial charge is 0.126 e. The lowest BCUT2D eigenvalue weighted by Gasteiger charge is -2.05. The molecule has 1 aromatic carbocycles. The first-order chi connectivity index (χ1) is 6.70. The Morgan fingerprint density at radius 1 is 1.07 bits per heavy atom. The summed E-state index contributed by atoms with van der Waals surface area (Å²) < 4.78 is 4.30. The first-order valence-corrected chi connectivity index (χ1v) is 4.80. The molecule has 0 radical (unpaired) electrons. The Morgan fingerprint density at radius 2 is 1.79 bits per heavy atom. The lowest BCUT2D eigenvalue weighted by Crippen LogP contribution is -2.37. The number of hydrogen-bond acceptors (Lipinski definition) is 0. The molecule has 2 rings (SSSR count). The van der Waals surface area contributed by atoms with E-state index in [-0.39, 0.29) is 0 Å². The highest BCUT2D eigenvalue weighted by atomic mass is 15.4. The fraction of sp³-hybridized carbons (Fsp3) is 0.250. The second-order valence-corrected chi connectivity index (χ2v) is 3.63. The van der Waals surface area contributed by atoms with E-state index in [4.69, 9.17) is 0 Å². The van der Waals surface area contributed by atoms with Gasteiger partial charge < -0.3 is 0 Å². The molecule has 0 aliphatic rings. The van der Waals surface area contributed by atoms with Gasteiger partial charge in [-0.15, -0.1) is 9.36 Å². The lowest BCUT2D eigenvalue weighted by molar-refractivity contribution is -0.744. The second kappa shape index (κ2) is 3.29. The molecule has 0 saturated carbocycles. The van der Waals surface area contributed by atoms with Gasteiger partial charge in [0.2, 0.25) is 0 Å². The predicted molar refractivity (Wildman–Crippen MR) is 56.4 cm³/mol. The summed E-state index contributed by atoms with van der Waals surface area (Å²) in [6.07, 6.45) is 2.07. The van der Waals surface area contributed by atoms with Crippen LogP contribution in [0.25, 0.3) is 5.69 Å². The van der Waals surface area contributed by atoms with E-state index in [2.05, 4.69) is 66.8 Å². The normalized spacial score (nSPS) is 10.5. The highest BCUT2D eigenvalue weighted by Gasteiger charge is 2.11. The average molecular weight is 187 g/mol. The van der Waals surface area contributed by atoms with Gasteiger partial charge in [0.1, 0.15) is 5.69 Å². The van der Waals surface area contributed by atoms with Gasteiger partial charge in [0.25, 0.3) is 0 Å². The quantitative estimate of drug-likeness (QED) is 0.603. The zero-order chi connectivity index (χ0) is 10.1. The van der Waals surface area contributed by atoms with Crippen molar-refractivity contribution >= 4 is 0 Å². The number of benzene rings is 1. The van der Waals surface area contributed by atoms with E-state index in [9.17, 15) is 0 Å². The third kappa shape index (κ3) is 1.33. The fourth-order valence-electron chi connectivity index (χ4n) is 1.76. The first-order valence-electron chi connectivity index (χ1n) is 4.80. The zero-order valence-corrected chi connectivity index (χ0v) is 8.86. The van der Waals surface area contributed by atoms with E-state index < -0.39 is 0 Å². The largest absolute Gasteiger partial charge is 0.196 e. The molecule has 0 aliphatic heterocycles. The summed E-state index contributed by atoms with van der Waals surface area (Å²) in [5.74, 6) is 0. The molecule has 1 heterocycles. The molecule has 2 heteroatoms. The summed E-state index contributed by atoms with van der Waals surface area (Å²) in [6.45, 7) is 4.25. The van der Waals surface area contributed by atoms with Crippen molar-refractivity contribution in [2.75, 3.05) is 0 Å². The van der Waals surface area contributed by atoms with Crippen LogP contribution in [0.5, 0.6) is 0 Å². The molecule has 0 N–H and O–H groups in total. The van der Waals surface area contributed by atoms with E-state index >= 15 is 0 Å². The van der Waals surface area contributed by atoms with Gasteiger partial charge >= 0.3 is 0 Å². The maximum Gasteiger partial charge on any atom is 0.196 e. The minimum Gasteiger partial charge on any atom is -0.126 e. The lowest BCUT2D eigenvalue weighted by atomic mass is 10.2. The fourth-order valence-corrected chi connectivity index (χ4v) is 1.76. The van der Waals surface area contributed by atoms with Crippen LogP contribution in [-0.4, -0.2) is 4.68 Å². The molecule has 0 aliphatic carbocycles. The minimum atomic E-state index is 1.25. The highest BCUT2D eigenvalue weighted by molar-refractivity contribution is 5.39. The van der Waals surface area contributed by atoms with E-state index in [1.54, 1.807) is 0 Å². The van der Waals surface area contributed by atoms with Crippen LogP contribution in [0, 0.1) is 13.8 Å².